The van der Waals surface area contributed by atoms with Gasteiger partial charge in [-0.1, -0.05) is 17.7 Å². The minimum atomic E-state index is 0.360. The highest BCUT2D eigenvalue weighted by atomic mass is 35.5. The summed E-state index contributed by atoms with van der Waals surface area (Å²) in [7, 11) is 0. The van der Waals surface area contributed by atoms with E-state index >= 15 is 0 Å². The van der Waals surface area contributed by atoms with Crippen LogP contribution in [0.5, 0.6) is 5.75 Å². The number of anilines is 1. The van der Waals surface area contributed by atoms with E-state index in [-0.39, 0.29) is 0 Å². The molecule has 0 amide bonds. The van der Waals surface area contributed by atoms with Crippen molar-refractivity contribution < 1.29 is 4.29 Å². The Bertz CT molecular complexity index is 239. The molecule has 1 aromatic rings. The van der Waals surface area contributed by atoms with E-state index in [4.69, 9.17) is 29.2 Å². The number of hydrogen-bond acceptors (Lipinski definition) is 2. The summed E-state index contributed by atoms with van der Waals surface area (Å²) in [5, 5.41) is 0.443. The molecule has 0 heterocycles. The molecule has 2 N–H and O–H groups in total. The van der Waals surface area contributed by atoms with E-state index in [1.165, 1.54) is 0 Å². The first-order valence-corrected chi connectivity index (χ1v) is 3.27. The molecule has 0 radical (unpaired) electrons. The van der Waals surface area contributed by atoms with Crippen molar-refractivity contribution in [2.24, 2.45) is 0 Å². The van der Waals surface area contributed by atoms with Crippen molar-refractivity contribution in [1.29, 1.82) is 0 Å². The number of nitrogen functional groups attached to an aromatic ring is 1. The lowest BCUT2D eigenvalue weighted by molar-refractivity contribution is 0.622. The van der Waals surface area contributed by atoms with Gasteiger partial charge in [-0.05, 0) is 12.1 Å². The molecule has 0 aliphatic rings. The fourth-order valence-electron chi connectivity index (χ4n) is 0.585. The van der Waals surface area contributed by atoms with Gasteiger partial charge in [0.2, 0.25) is 0 Å². The van der Waals surface area contributed by atoms with Gasteiger partial charge in [0, 0.05) is 0 Å². The van der Waals surface area contributed by atoms with E-state index < -0.39 is 0 Å². The van der Waals surface area contributed by atoms with Crippen molar-refractivity contribution >= 4 is 29.2 Å². The Morgan fingerprint density at radius 1 is 1.40 bits per heavy atom. The van der Waals surface area contributed by atoms with E-state index in [9.17, 15) is 0 Å². The van der Waals surface area contributed by atoms with Gasteiger partial charge in [0.25, 0.3) is 0 Å². The van der Waals surface area contributed by atoms with Crippen LogP contribution in [0, 0.1) is 0 Å². The van der Waals surface area contributed by atoms with Crippen LogP contribution in [0.4, 0.5) is 5.69 Å². The highest BCUT2D eigenvalue weighted by Gasteiger charge is 2.01. The Kier molecular flexibility index (Phi) is 2.25. The molecule has 1 aromatic carbocycles. The molecule has 2 nitrogen and oxygen atoms in total. The highest BCUT2D eigenvalue weighted by Crippen LogP contribution is 2.29. The molecule has 0 aliphatic heterocycles. The van der Waals surface area contributed by atoms with Gasteiger partial charge in [-0.15, -0.1) is 0 Å². The lowest BCUT2D eigenvalue weighted by Gasteiger charge is -2.00. The molecule has 0 saturated carbocycles. The fraction of sp³-hybridized carbons (Fsp3) is 0. The van der Waals surface area contributed by atoms with Gasteiger partial charge < -0.3 is 10.0 Å². The molecular weight excluding hydrogens is 173 g/mol. The highest BCUT2D eigenvalue weighted by molar-refractivity contribution is 6.33. The first-order valence-electron chi connectivity index (χ1n) is 2.58. The predicted octanol–water partition coefficient (Wildman–Crippen LogP) is 2.45. The molecule has 4 heteroatoms. The number of nitrogens with two attached hydrogens (primary N) is 1. The number of hydrogen-bond donors (Lipinski definition) is 1. The average Bonchev–Trinajstić information content (AvgIpc) is 1.95. The second-order valence-electron chi connectivity index (χ2n) is 1.73. The maximum Gasteiger partial charge on any atom is 0.170 e. The minimum Gasteiger partial charge on any atom is -0.394 e. The molecule has 0 atom stereocenters. The molecule has 0 fully saturated rings. The third-order valence-corrected chi connectivity index (χ3v) is 1.59. The van der Waals surface area contributed by atoms with Gasteiger partial charge >= 0.3 is 0 Å². The normalized spacial score (nSPS) is 9.40. The van der Waals surface area contributed by atoms with Crippen LogP contribution in [0.2, 0.25) is 5.02 Å². The average molecular weight is 178 g/mol. The van der Waals surface area contributed by atoms with E-state index in [0.717, 1.165) is 0 Å². The van der Waals surface area contributed by atoms with Crippen LogP contribution in [-0.2, 0) is 0 Å². The fourth-order valence-corrected chi connectivity index (χ4v) is 0.885. The number of para-hydroxylation sites is 1. The molecule has 0 saturated heterocycles. The largest absolute Gasteiger partial charge is 0.394 e. The zero-order chi connectivity index (χ0) is 7.56. The number of halogens is 2. The first kappa shape index (κ1) is 7.51. The van der Waals surface area contributed by atoms with Crippen LogP contribution in [0.25, 0.3) is 0 Å². The summed E-state index contributed by atoms with van der Waals surface area (Å²) in [6.45, 7) is 0. The second-order valence-corrected chi connectivity index (χ2v) is 2.29. The van der Waals surface area contributed by atoms with Gasteiger partial charge in [-0.3, -0.25) is 0 Å². The number of rotatable bonds is 1. The van der Waals surface area contributed by atoms with Crippen molar-refractivity contribution in [1.82, 2.24) is 0 Å². The van der Waals surface area contributed by atoms with E-state index in [0.29, 0.717) is 16.5 Å². The Hall–Kier alpha value is -0.600. The second kappa shape index (κ2) is 2.99. The van der Waals surface area contributed by atoms with Gasteiger partial charge in [0.05, 0.1) is 10.7 Å². The summed E-state index contributed by atoms with van der Waals surface area (Å²) in [6, 6.07) is 5.00. The van der Waals surface area contributed by atoms with E-state index in [2.05, 4.69) is 4.29 Å². The van der Waals surface area contributed by atoms with E-state index in [1.807, 2.05) is 0 Å². The van der Waals surface area contributed by atoms with Gasteiger partial charge in [0.15, 0.2) is 5.75 Å². The Labute approximate surface area is 68.7 Å². The zero-order valence-electron chi connectivity index (χ0n) is 4.97. The molecule has 0 bridgehead atoms. The lowest BCUT2D eigenvalue weighted by Crippen LogP contribution is -1.88. The van der Waals surface area contributed by atoms with Gasteiger partial charge in [-0.25, -0.2) is 0 Å². The lowest BCUT2D eigenvalue weighted by atomic mass is 10.3. The van der Waals surface area contributed by atoms with Gasteiger partial charge in [-0.2, -0.15) is 0 Å². The topological polar surface area (TPSA) is 35.2 Å². The molecule has 0 spiro atoms. The Morgan fingerprint density at radius 3 is 2.60 bits per heavy atom. The summed E-state index contributed by atoms with van der Waals surface area (Å²) in [5.41, 5.74) is 5.81. The quantitative estimate of drug-likeness (QED) is 0.670. The van der Waals surface area contributed by atoms with Crippen molar-refractivity contribution in [2.45, 2.75) is 0 Å². The zero-order valence-corrected chi connectivity index (χ0v) is 6.49. The third kappa shape index (κ3) is 1.28. The smallest absolute Gasteiger partial charge is 0.170 e. The molecule has 0 aliphatic carbocycles. The summed E-state index contributed by atoms with van der Waals surface area (Å²) in [4.78, 5) is 0. The SMILES string of the molecule is Nc1c(Cl)cccc1OCl. The Balaban J connectivity index is 3.14. The molecular formula is C6H5Cl2NO. The standard InChI is InChI=1S/C6H5Cl2NO/c7-4-2-1-3-5(10-8)6(4)9/h1-3H,9H2. The van der Waals surface area contributed by atoms with Crippen LogP contribution < -0.4 is 10.0 Å². The van der Waals surface area contributed by atoms with Crippen LogP contribution in [0.3, 0.4) is 0 Å². The summed E-state index contributed by atoms with van der Waals surface area (Å²) >= 11 is 10.7. The molecule has 1 rings (SSSR count). The van der Waals surface area contributed by atoms with Gasteiger partial charge in [0.1, 0.15) is 11.9 Å². The molecule has 54 valence electrons. The monoisotopic (exact) mass is 177 g/mol. The van der Waals surface area contributed by atoms with Crippen molar-refractivity contribution in [3.8, 4) is 5.75 Å². The van der Waals surface area contributed by atoms with E-state index in [1.54, 1.807) is 18.2 Å². The van der Waals surface area contributed by atoms with Crippen LogP contribution >= 0.6 is 23.5 Å². The van der Waals surface area contributed by atoms with Crippen LogP contribution in [0.15, 0.2) is 18.2 Å². The summed E-state index contributed by atoms with van der Waals surface area (Å²) in [6.07, 6.45) is 0. The Morgan fingerprint density at radius 2 is 2.10 bits per heavy atom. The van der Waals surface area contributed by atoms with Crippen LogP contribution in [0.1, 0.15) is 0 Å². The summed E-state index contributed by atoms with van der Waals surface area (Å²) < 4.78 is 4.39. The maximum absolute atomic E-state index is 5.63. The summed E-state index contributed by atoms with van der Waals surface area (Å²) in [5.74, 6) is 0.383. The first-order chi connectivity index (χ1) is 4.75. The minimum absolute atomic E-state index is 0.360. The van der Waals surface area contributed by atoms with Crippen LogP contribution in [-0.4, -0.2) is 0 Å². The predicted molar refractivity (Wildman–Crippen MR) is 42.3 cm³/mol. The van der Waals surface area contributed by atoms with Crippen molar-refractivity contribution in [3.63, 3.8) is 0 Å². The molecule has 10 heavy (non-hydrogen) atoms. The third-order valence-electron chi connectivity index (χ3n) is 1.10. The van der Waals surface area contributed by atoms with Crippen molar-refractivity contribution in [2.75, 3.05) is 5.73 Å². The molecule has 0 unspecified atom stereocenters. The maximum atomic E-state index is 5.63. The number of benzene rings is 1. The van der Waals surface area contributed by atoms with Crippen molar-refractivity contribution in [3.05, 3.63) is 23.2 Å². The molecule has 0 aromatic heterocycles.